The van der Waals surface area contributed by atoms with Gasteiger partial charge in [0.05, 0.1) is 0 Å². The maximum atomic E-state index is 6.12. The lowest BCUT2D eigenvalue weighted by atomic mass is 9.85. The fraction of sp³-hybridized carbons (Fsp3) is 0.385. The lowest BCUT2D eigenvalue weighted by molar-refractivity contribution is 0.0845. The van der Waals surface area contributed by atoms with Gasteiger partial charge in [-0.1, -0.05) is 28.1 Å². The van der Waals surface area contributed by atoms with Gasteiger partial charge in [0, 0.05) is 17.3 Å². The molecule has 0 amide bonds. The number of benzene rings is 1. The molecule has 1 aromatic rings. The SMILES string of the molecule is Brc1ccc2c(c1)CC1(CC=CCC1)O2. The fourth-order valence-electron chi connectivity index (χ4n) is 2.52. The Kier molecular flexibility index (Phi) is 2.13. The molecule has 0 saturated carbocycles. The third kappa shape index (κ3) is 1.61. The highest BCUT2D eigenvalue weighted by Crippen LogP contribution is 2.42. The fourth-order valence-corrected chi connectivity index (χ4v) is 2.93. The van der Waals surface area contributed by atoms with Gasteiger partial charge in [0.25, 0.3) is 0 Å². The minimum absolute atomic E-state index is 0.0673. The molecule has 1 aromatic carbocycles. The summed E-state index contributed by atoms with van der Waals surface area (Å²) in [5, 5.41) is 0. The third-order valence-corrected chi connectivity index (χ3v) is 3.78. The summed E-state index contributed by atoms with van der Waals surface area (Å²) in [5.41, 5.74) is 1.41. The maximum Gasteiger partial charge on any atom is 0.123 e. The molecule has 3 rings (SSSR count). The Bertz CT molecular complexity index is 425. The van der Waals surface area contributed by atoms with Crippen LogP contribution in [0.3, 0.4) is 0 Å². The van der Waals surface area contributed by atoms with E-state index in [0.717, 1.165) is 35.9 Å². The molecule has 1 heterocycles. The molecular weight excluding hydrogens is 252 g/mol. The first-order valence-corrected chi connectivity index (χ1v) is 6.19. The molecule has 2 heteroatoms. The van der Waals surface area contributed by atoms with Gasteiger partial charge >= 0.3 is 0 Å². The lowest BCUT2D eigenvalue weighted by Gasteiger charge is -2.29. The predicted molar refractivity (Wildman–Crippen MR) is 64.2 cm³/mol. The number of ether oxygens (including phenoxy) is 1. The van der Waals surface area contributed by atoms with Crippen LogP contribution in [-0.4, -0.2) is 5.60 Å². The van der Waals surface area contributed by atoms with Crippen LogP contribution in [0.1, 0.15) is 24.8 Å². The summed E-state index contributed by atoms with van der Waals surface area (Å²) in [6.45, 7) is 0. The molecule has 1 nitrogen and oxygen atoms in total. The molecule has 1 atom stereocenters. The summed E-state index contributed by atoms with van der Waals surface area (Å²) in [7, 11) is 0. The molecule has 1 aliphatic heterocycles. The highest BCUT2D eigenvalue weighted by atomic mass is 79.9. The Morgan fingerprint density at radius 2 is 2.20 bits per heavy atom. The van der Waals surface area contributed by atoms with Gasteiger partial charge in [-0.3, -0.25) is 0 Å². The van der Waals surface area contributed by atoms with E-state index in [0.29, 0.717) is 0 Å². The molecule has 0 fully saturated rings. The second kappa shape index (κ2) is 3.38. The maximum absolute atomic E-state index is 6.12. The van der Waals surface area contributed by atoms with Crippen LogP contribution in [0.5, 0.6) is 5.75 Å². The molecule has 1 spiro atoms. The largest absolute Gasteiger partial charge is 0.486 e. The van der Waals surface area contributed by atoms with Crippen LogP contribution in [0.15, 0.2) is 34.8 Å². The van der Waals surface area contributed by atoms with Crippen LogP contribution >= 0.6 is 15.9 Å². The molecular formula is C13H13BrO. The summed E-state index contributed by atoms with van der Waals surface area (Å²) in [5.74, 6) is 1.08. The van der Waals surface area contributed by atoms with E-state index in [-0.39, 0.29) is 5.60 Å². The highest BCUT2D eigenvalue weighted by Gasteiger charge is 2.38. The van der Waals surface area contributed by atoms with Gasteiger partial charge < -0.3 is 4.74 Å². The first-order chi connectivity index (χ1) is 7.27. The second-order valence-electron chi connectivity index (χ2n) is 4.43. The monoisotopic (exact) mass is 264 g/mol. The second-order valence-corrected chi connectivity index (χ2v) is 5.34. The van der Waals surface area contributed by atoms with Crippen molar-refractivity contribution in [3.63, 3.8) is 0 Å². The molecule has 15 heavy (non-hydrogen) atoms. The molecule has 0 N–H and O–H groups in total. The molecule has 2 aliphatic rings. The van der Waals surface area contributed by atoms with E-state index in [1.807, 2.05) is 0 Å². The van der Waals surface area contributed by atoms with Crippen molar-refractivity contribution in [3.8, 4) is 5.75 Å². The van der Waals surface area contributed by atoms with Crippen molar-refractivity contribution in [2.75, 3.05) is 0 Å². The topological polar surface area (TPSA) is 9.23 Å². The zero-order valence-electron chi connectivity index (χ0n) is 8.50. The van der Waals surface area contributed by atoms with E-state index in [9.17, 15) is 0 Å². The number of rotatable bonds is 0. The molecule has 78 valence electrons. The third-order valence-electron chi connectivity index (χ3n) is 3.28. The van der Waals surface area contributed by atoms with Crippen LogP contribution in [0.2, 0.25) is 0 Å². The zero-order chi connectivity index (χ0) is 10.3. The van der Waals surface area contributed by atoms with E-state index in [2.05, 4.69) is 46.3 Å². The van der Waals surface area contributed by atoms with Gasteiger partial charge in [0.1, 0.15) is 11.4 Å². The lowest BCUT2D eigenvalue weighted by Crippen LogP contribution is -2.34. The minimum Gasteiger partial charge on any atom is -0.486 e. The van der Waals surface area contributed by atoms with Crippen molar-refractivity contribution in [2.45, 2.75) is 31.3 Å². The first-order valence-electron chi connectivity index (χ1n) is 5.40. The van der Waals surface area contributed by atoms with Gasteiger partial charge in [0.15, 0.2) is 0 Å². The van der Waals surface area contributed by atoms with Crippen molar-refractivity contribution in [3.05, 3.63) is 40.4 Å². The summed E-state index contributed by atoms with van der Waals surface area (Å²) < 4.78 is 7.26. The van der Waals surface area contributed by atoms with Crippen molar-refractivity contribution >= 4 is 15.9 Å². The van der Waals surface area contributed by atoms with E-state index >= 15 is 0 Å². The summed E-state index contributed by atoms with van der Waals surface area (Å²) in [4.78, 5) is 0. The van der Waals surface area contributed by atoms with Crippen LogP contribution in [0.25, 0.3) is 0 Å². The number of hydrogen-bond acceptors (Lipinski definition) is 1. The summed E-state index contributed by atoms with van der Waals surface area (Å²) in [6, 6.07) is 6.31. The smallest absolute Gasteiger partial charge is 0.123 e. The Labute approximate surface area is 98.3 Å². The number of halogens is 1. The van der Waals surface area contributed by atoms with Gasteiger partial charge in [-0.15, -0.1) is 0 Å². The Hall–Kier alpha value is -0.760. The Balaban J connectivity index is 1.94. The van der Waals surface area contributed by atoms with Gasteiger partial charge in [0.2, 0.25) is 0 Å². The normalized spacial score (nSPS) is 27.8. The Morgan fingerprint density at radius 1 is 1.27 bits per heavy atom. The van der Waals surface area contributed by atoms with Gasteiger partial charge in [-0.2, -0.15) is 0 Å². The quantitative estimate of drug-likeness (QED) is 0.647. The van der Waals surface area contributed by atoms with Crippen LogP contribution < -0.4 is 4.74 Å². The molecule has 0 radical (unpaired) electrons. The number of fused-ring (bicyclic) bond motifs is 1. The van der Waals surface area contributed by atoms with Crippen LogP contribution in [0.4, 0.5) is 0 Å². The average Bonchev–Trinajstić information content (AvgIpc) is 2.56. The standard InChI is InChI=1S/C13H13BrO/c14-11-4-5-12-10(8-11)9-13(15-12)6-2-1-3-7-13/h1-2,4-5,8H,3,6-7,9H2. The Morgan fingerprint density at radius 3 is 3.00 bits per heavy atom. The number of allylic oxidation sites excluding steroid dienone is 1. The zero-order valence-corrected chi connectivity index (χ0v) is 10.1. The van der Waals surface area contributed by atoms with E-state index < -0.39 is 0 Å². The number of hydrogen-bond donors (Lipinski definition) is 0. The van der Waals surface area contributed by atoms with Gasteiger partial charge in [-0.05, 0) is 36.6 Å². The molecule has 0 aromatic heterocycles. The highest BCUT2D eigenvalue weighted by molar-refractivity contribution is 9.10. The van der Waals surface area contributed by atoms with Crippen molar-refractivity contribution in [1.29, 1.82) is 0 Å². The van der Waals surface area contributed by atoms with Gasteiger partial charge in [-0.25, -0.2) is 0 Å². The predicted octanol–water partition coefficient (Wildman–Crippen LogP) is 3.86. The van der Waals surface area contributed by atoms with Crippen LogP contribution in [0, 0.1) is 0 Å². The average molecular weight is 265 g/mol. The molecule has 1 aliphatic carbocycles. The summed E-state index contributed by atoms with van der Waals surface area (Å²) in [6.07, 6.45) is 8.92. The minimum atomic E-state index is 0.0673. The van der Waals surface area contributed by atoms with E-state index in [1.54, 1.807) is 0 Å². The summed E-state index contributed by atoms with van der Waals surface area (Å²) >= 11 is 3.51. The molecule has 0 bridgehead atoms. The molecule has 1 unspecified atom stereocenters. The van der Waals surface area contributed by atoms with Crippen molar-refractivity contribution in [2.24, 2.45) is 0 Å². The van der Waals surface area contributed by atoms with E-state index in [4.69, 9.17) is 4.74 Å². The van der Waals surface area contributed by atoms with Crippen molar-refractivity contribution < 1.29 is 4.74 Å². The molecule has 0 saturated heterocycles. The van der Waals surface area contributed by atoms with E-state index in [1.165, 1.54) is 5.56 Å². The van der Waals surface area contributed by atoms with Crippen molar-refractivity contribution in [1.82, 2.24) is 0 Å². The first kappa shape index (κ1) is 9.46. The van der Waals surface area contributed by atoms with Crippen LogP contribution in [-0.2, 0) is 6.42 Å².